The monoisotopic (exact) mass is 280 g/mol. The first-order chi connectivity index (χ1) is 8.65. The van der Waals surface area contributed by atoms with E-state index in [1.165, 1.54) is 17.7 Å². The molecule has 0 amide bonds. The number of aromatic nitrogens is 2. The van der Waals surface area contributed by atoms with Crippen LogP contribution in [0, 0.1) is 6.92 Å². The molecule has 0 bridgehead atoms. The second-order valence-corrected chi connectivity index (χ2v) is 5.61. The largest absolute Gasteiger partial charge is 0.477 e. The highest BCUT2D eigenvalue weighted by Gasteiger charge is 2.18. The number of nitrogens with zero attached hydrogens (tertiary/aromatic N) is 2. The molecule has 0 spiro atoms. The van der Waals surface area contributed by atoms with Gasteiger partial charge in [0, 0.05) is 11.1 Å². The Morgan fingerprint density at radius 3 is 3.00 bits per heavy atom. The first-order valence-electron chi connectivity index (χ1n) is 5.36. The third-order valence-electron chi connectivity index (χ3n) is 2.44. The van der Waals surface area contributed by atoms with Crippen LogP contribution in [0.15, 0.2) is 23.5 Å². The number of hydrogen-bond donors (Lipinski definition) is 1. The highest BCUT2D eigenvalue weighted by molar-refractivity contribution is 7.99. The maximum Gasteiger partial charge on any atom is 0.346 e. The number of aromatic carboxylic acids is 1. The van der Waals surface area contributed by atoms with Gasteiger partial charge < -0.3 is 5.11 Å². The van der Waals surface area contributed by atoms with Gasteiger partial charge in [0.2, 0.25) is 0 Å². The van der Waals surface area contributed by atoms with Gasteiger partial charge in [0.05, 0.1) is 0 Å². The van der Waals surface area contributed by atoms with Crippen molar-refractivity contribution in [2.75, 3.05) is 5.75 Å². The molecule has 6 heteroatoms. The lowest BCUT2D eigenvalue weighted by molar-refractivity contribution is 0.0701. The molecule has 0 radical (unpaired) electrons. The second-order valence-electron chi connectivity index (χ2n) is 3.60. The fourth-order valence-electron chi connectivity index (χ4n) is 1.58. The topological polar surface area (TPSA) is 63.1 Å². The lowest BCUT2D eigenvalue weighted by Crippen LogP contribution is -1.94. The molecule has 2 aromatic rings. The molecule has 1 N–H and O–H groups in total. The minimum atomic E-state index is -0.903. The van der Waals surface area contributed by atoms with Crippen LogP contribution in [0.1, 0.15) is 22.2 Å². The quantitative estimate of drug-likeness (QED) is 0.528. The van der Waals surface area contributed by atoms with E-state index in [1.54, 1.807) is 11.8 Å². The number of thiophene rings is 1. The zero-order chi connectivity index (χ0) is 13.1. The zero-order valence-electron chi connectivity index (χ0n) is 10.0. The van der Waals surface area contributed by atoms with Crippen LogP contribution in [-0.4, -0.2) is 26.8 Å². The number of hydrogen-bond acceptors (Lipinski definition) is 5. The highest BCUT2D eigenvalue weighted by atomic mass is 32.2. The summed E-state index contributed by atoms with van der Waals surface area (Å²) in [6, 6.07) is 0. The third-order valence-corrected chi connectivity index (χ3v) is 4.57. The summed E-state index contributed by atoms with van der Waals surface area (Å²) in [5, 5.41) is 10.8. The van der Waals surface area contributed by atoms with Gasteiger partial charge >= 0.3 is 5.97 Å². The molecule has 0 aliphatic rings. The molecule has 2 aromatic heterocycles. The minimum absolute atomic E-state index is 0.346. The summed E-state index contributed by atoms with van der Waals surface area (Å²) in [4.78, 5) is 20.6. The van der Waals surface area contributed by atoms with Gasteiger partial charge in [-0.05, 0) is 19.4 Å². The Kier molecular flexibility index (Phi) is 3.98. The van der Waals surface area contributed by atoms with Crippen LogP contribution >= 0.6 is 23.1 Å². The maximum atomic E-state index is 11.1. The van der Waals surface area contributed by atoms with E-state index in [2.05, 4.69) is 9.97 Å². The fourth-order valence-corrected chi connectivity index (χ4v) is 3.59. The number of fused-ring (bicyclic) bond motifs is 1. The van der Waals surface area contributed by atoms with Crippen molar-refractivity contribution in [3.05, 3.63) is 28.9 Å². The molecular formula is C12H12N2O2S2. The molecule has 0 fully saturated rings. The van der Waals surface area contributed by atoms with E-state index < -0.39 is 5.97 Å². The Morgan fingerprint density at radius 1 is 1.56 bits per heavy atom. The van der Waals surface area contributed by atoms with Crippen molar-refractivity contribution < 1.29 is 9.90 Å². The molecular weight excluding hydrogens is 268 g/mol. The molecule has 94 valence electrons. The smallest absolute Gasteiger partial charge is 0.346 e. The molecule has 0 unspecified atom stereocenters. The van der Waals surface area contributed by atoms with E-state index in [4.69, 9.17) is 5.11 Å². The molecule has 0 aromatic carbocycles. The van der Waals surface area contributed by atoms with Gasteiger partial charge in [0.1, 0.15) is 21.1 Å². The number of rotatable bonds is 4. The fraction of sp³-hybridized carbons (Fsp3) is 0.250. The van der Waals surface area contributed by atoms with E-state index in [0.717, 1.165) is 26.6 Å². The number of carboxylic acids is 1. The van der Waals surface area contributed by atoms with Gasteiger partial charge in [-0.25, -0.2) is 14.8 Å². The molecule has 2 rings (SSSR count). The van der Waals surface area contributed by atoms with Crippen molar-refractivity contribution in [3.8, 4) is 0 Å². The van der Waals surface area contributed by atoms with E-state index in [-0.39, 0.29) is 0 Å². The summed E-state index contributed by atoms with van der Waals surface area (Å²) >= 11 is 2.79. The van der Waals surface area contributed by atoms with Crippen molar-refractivity contribution in [3.63, 3.8) is 0 Å². The first-order valence-corrected chi connectivity index (χ1v) is 7.16. The van der Waals surface area contributed by atoms with Crippen molar-refractivity contribution >= 4 is 39.3 Å². The van der Waals surface area contributed by atoms with E-state index in [0.29, 0.717) is 4.88 Å². The molecule has 4 nitrogen and oxygen atoms in total. The highest BCUT2D eigenvalue weighted by Crippen LogP contribution is 2.34. The van der Waals surface area contributed by atoms with Crippen LogP contribution in [0.4, 0.5) is 0 Å². The average molecular weight is 280 g/mol. The molecule has 0 saturated heterocycles. The SMILES string of the molecule is CC=CCSc1ncnc2sc(C(=O)O)c(C)c12. The maximum absolute atomic E-state index is 11.1. The van der Waals surface area contributed by atoms with Crippen LogP contribution in [0.25, 0.3) is 10.2 Å². The van der Waals surface area contributed by atoms with Gasteiger partial charge in [0.25, 0.3) is 0 Å². The molecule has 2 heterocycles. The Balaban J connectivity index is 2.50. The number of aryl methyl sites for hydroxylation is 1. The van der Waals surface area contributed by atoms with Crippen LogP contribution in [0.2, 0.25) is 0 Å². The number of thioether (sulfide) groups is 1. The molecule has 0 saturated carbocycles. The third kappa shape index (κ3) is 2.39. The van der Waals surface area contributed by atoms with Crippen LogP contribution in [0.5, 0.6) is 0 Å². The van der Waals surface area contributed by atoms with Gasteiger partial charge in [-0.15, -0.1) is 23.1 Å². The number of carboxylic acid groups (broad SMARTS) is 1. The second kappa shape index (κ2) is 5.49. The Morgan fingerprint density at radius 2 is 2.33 bits per heavy atom. The Bertz CT molecular complexity index is 620. The van der Waals surface area contributed by atoms with Crippen molar-refractivity contribution in [2.24, 2.45) is 0 Å². The molecule has 0 aliphatic heterocycles. The Hall–Kier alpha value is -1.40. The van der Waals surface area contributed by atoms with E-state index >= 15 is 0 Å². The summed E-state index contributed by atoms with van der Waals surface area (Å²) in [7, 11) is 0. The Labute approximate surface area is 113 Å². The summed E-state index contributed by atoms with van der Waals surface area (Å²) < 4.78 is 0. The number of allylic oxidation sites excluding steroid dienone is 1. The first kappa shape index (κ1) is 13.0. The van der Waals surface area contributed by atoms with E-state index in [1.807, 2.05) is 26.0 Å². The predicted octanol–water partition coefficient (Wildman–Crippen LogP) is 3.37. The van der Waals surface area contributed by atoms with Crippen LogP contribution in [-0.2, 0) is 0 Å². The van der Waals surface area contributed by atoms with Crippen molar-refractivity contribution in [1.29, 1.82) is 0 Å². The average Bonchev–Trinajstić information content (AvgIpc) is 2.68. The van der Waals surface area contributed by atoms with E-state index in [9.17, 15) is 4.79 Å². The zero-order valence-corrected chi connectivity index (χ0v) is 11.6. The summed E-state index contributed by atoms with van der Waals surface area (Å²) in [5.41, 5.74) is 0.756. The lowest BCUT2D eigenvalue weighted by atomic mass is 10.2. The number of carbonyl (C=O) groups is 1. The minimum Gasteiger partial charge on any atom is -0.477 e. The summed E-state index contributed by atoms with van der Waals surface area (Å²) in [6.07, 6.45) is 5.51. The lowest BCUT2D eigenvalue weighted by Gasteiger charge is -2.00. The molecule has 0 atom stereocenters. The predicted molar refractivity (Wildman–Crippen MR) is 74.6 cm³/mol. The van der Waals surface area contributed by atoms with Crippen LogP contribution < -0.4 is 0 Å². The van der Waals surface area contributed by atoms with Gasteiger partial charge in [-0.2, -0.15) is 0 Å². The van der Waals surface area contributed by atoms with Crippen molar-refractivity contribution in [2.45, 2.75) is 18.9 Å². The molecule has 0 aliphatic carbocycles. The summed E-state index contributed by atoms with van der Waals surface area (Å²) in [6.45, 7) is 3.78. The molecule has 18 heavy (non-hydrogen) atoms. The normalized spacial score (nSPS) is 11.4. The van der Waals surface area contributed by atoms with Gasteiger partial charge in [-0.3, -0.25) is 0 Å². The van der Waals surface area contributed by atoms with Crippen molar-refractivity contribution in [1.82, 2.24) is 9.97 Å². The van der Waals surface area contributed by atoms with Crippen LogP contribution in [0.3, 0.4) is 0 Å². The summed E-state index contributed by atoms with van der Waals surface area (Å²) in [5.74, 6) is -0.0831. The van der Waals surface area contributed by atoms with Gasteiger partial charge in [-0.1, -0.05) is 12.2 Å². The standard InChI is InChI=1S/C12H12N2O2S2/c1-3-4-5-17-10-8-7(2)9(12(15)16)18-11(8)14-6-13-10/h3-4,6H,5H2,1-2H3,(H,15,16). The van der Waals surface area contributed by atoms with Gasteiger partial charge in [0.15, 0.2) is 0 Å².